The number of benzene rings is 2. The average molecular weight is 477 g/mol. The molecule has 0 aliphatic heterocycles. The number of thioether (sulfide) groups is 1. The molecule has 0 radical (unpaired) electrons. The highest BCUT2D eigenvalue weighted by molar-refractivity contribution is 7.99. The standard InChI is InChI=1S/C22H25ClN4O2S2/c1-3-27-21(15(2)26-31(28,29)20-12-9-18(23)10-13-20)24-25-22(27)30-19-11-8-16-6-4-5-7-17(16)14-19/h4-7,9-10,12-13,15,19,26H,3,8,11,14H2,1-2H3/t15-,19?/m1/s1. The van der Waals surface area contributed by atoms with Gasteiger partial charge in [-0.15, -0.1) is 10.2 Å². The number of hydrogen-bond donors (Lipinski definition) is 1. The van der Waals surface area contributed by atoms with Crippen molar-refractivity contribution in [2.45, 2.75) is 61.0 Å². The maximum absolute atomic E-state index is 12.8. The van der Waals surface area contributed by atoms with Crippen molar-refractivity contribution in [3.63, 3.8) is 0 Å². The van der Waals surface area contributed by atoms with Gasteiger partial charge in [0.1, 0.15) is 0 Å². The molecule has 1 unspecified atom stereocenters. The van der Waals surface area contributed by atoms with Crippen molar-refractivity contribution in [2.24, 2.45) is 0 Å². The fourth-order valence-corrected chi connectivity index (χ4v) is 6.45. The van der Waals surface area contributed by atoms with E-state index in [1.54, 1.807) is 30.8 Å². The number of nitrogens with zero attached hydrogens (tertiary/aromatic N) is 3. The van der Waals surface area contributed by atoms with Crippen molar-refractivity contribution >= 4 is 33.4 Å². The predicted molar refractivity (Wildman–Crippen MR) is 124 cm³/mol. The van der Waals surface area contributed by atoms with E-state index in [1.165, 1.54) is 23.3 Å². The second-order valence-corrected chi connectivity index (χ2v) is 11.1. The van der Waals surface area contributed by atoms with E-state index in [0.717, 1.165) is 24.4 Å². The fraction of sp³-hybridized carbons (Fsp3) is 0.364. The molecule has 0 saturated carbocycles. The summed E-state index contributed by atoms with van der Waals surface area (Å²) in [5, 5.41) is 10.5. The number of hydrogen-bond acceptors (Lipinski definition) is 5. The molecule has 1 aliphatic carbocycles. The van der Waals surface area contributed by atoms with E-state index in [-0.39, 0.29) is 4.90 Å². The highest BCUT2D eigenvalue weighted by Crippen LogP contribution is 2.33. The lowest BCUT2D eigenvalue weighted by Gasteiger charge is -2.24. The van der Waals surface area contributed by atoms with E-state index >= 15 is 0 Å². The average Bonchev–Trinajstić information content (AvgIpc) is 3.16. The number of rotatable bonds is 7. The molecule has 1 heterocycles. The molecule has 0 spiro atoms. The Labute approximate surface area is 192 Å². The first-order valence-electron chi connectivity index (χ1n) is 10.3. The summed E-state index contributed by atoms with van der Waals surface area (Å²) in [6.45, 7) is 4.48. The summed E-state index contributed by atoms with van der Waals surface area (Å²) in [7, 11) is -3.70. The van der Waals surface area contributed by atoms with E-state index in [9.17, 15) is 8.42 Å². The molecule has 0 amide bonds. The Hall–Kier alpha value is -1.87. The van der Waals surface area contributed by atoms with E-state index in [2.05, 4.69) is 39.2 Å². The van der Waals surface area contributed by atoms with Gasteiger partial charge in [-0.3, -0.25) is 0 Å². The van der Waals surface area contributed by atoms with Crippen LogP contribution in [0.1, 0.15) is 43.3 Å². The third-order valence-corrected chi connectivity index (χ3v) is 8.54. The highest BCUT2D eigenvalue weighted by atomic mass is 35.5. The summed E-state index contributed by atoms with van der Waals surface area (Å²) in [6, 6.07) is 14.2. The lowest BCUT2D eigenvalue weighted by atomic mass is 9.92. The highest BCUT2D eigenvalue weighted by Gasteiger charge is 2.26. The van der Waals surface area contributed by atoms with Crippen LogP contribution in [0.25, 0.3) is 0 Å². The Kier molecular flexibility index (Phi) is 6.71. The zero-order chi connectivity index (χ0) is 22.0. The summed E-state index contributed by atoms with van der Waals surface area (Å²) in [4.78, 5) is 0.168. The minimum atomic E-state index is -3.70. The molecule has 1 N–H and O–H groups in total. The number of aromatic nitrogens is 3. The fourth-order valence-electron chi connectivity index (χ4n) is 3.89. The monoisotopic (exact) mass is 476 g/mol. The van der Waals surface area contributed by atoms with Crippen molar-refractivity contribution in [3.8, 4) is 0 Å². The Morgan fingerprint density at radius 1 is 1.16 bits per heavy atom. The third-order valence-electron chi connectivity index (χ3n) is 5.48. The molecule has 164 valence electrons. The molecule has 0 saturated heterocycles. The van der Waals surface area contributed by atoms with E-state index < -0.39 is 16.1 Å². The quantitative estimate of drug-likeness (QED) is 0.537. The van der Waals surface area contributed by atoms with Crippen molar-refractivity contribution in [1.29, 1.82) is 0 Å². The number of halogens is 1. The van der Waals surface area contributed by atoms with Crippen LogP contribution in [0.5, 0.6) is 0 Å². The molecular formula is C22H25ClN4O2S2. The third kappa shape index (κ3) is 4.98. The Morgan fingerprint density at radius 2 is 1.87 bits per heavy atom. The molecule has 2 atom stereocenters. The summed E-state index contributed by atoms with van der Waals surface area (Å²) < 4.78 is 30.2. The maximum Gasteiger partial charge on any atom is 0.241 e. The lowest BCUT2D eigenvalue weighted by molar-refractivity contribution is 0.539. The van der Waals surface area contributed by atoms with E-state index in [0.29, 0.717) is 22.6 Å². The van der Waals surface area contributed by atoms with Gasteiger partial charge >= 0.3 is 0 Å². The van der Waals surface area contributed by atoms with Gasteiger partial charge in [0.2, 0.25) is 10.0 Å². The second-order valence-electron chi connectivity index (χ2n) is 7.63. The summed E-state index contributed by atoms with van der Waals surface area (Å²) >= 11 is 7.61. The molecule has 9 heteroatoms. The van der Waals surface area contributed by atoms with Crippen LogP contribution in [0.15, 0.2) is 58.6 Å². The van der Waals surface area contributed by atoms with Crippen LogP contribution in [0.3, 0.4) is 0 Å². The van der Waals surface area contributed by atoms with Crippen molar-refractivity contribution in [1.82, 2.24) is 19.5 Å². The topological polar surface area (TPSA) is 76.9 Å². The number of aryl methyl sites for hydroxylation is 1. The first-order valence-corrected chi connectivity index (χ1v) is 13.1. The summed E-state index contributed by atoms with van der Waals surface area (Å²) in [6.07, 6.45) is 3.16. The molecular weight excluding hydrogens is 452 g/mol. The Balaban J connectivity index is 1.49. The van der Waals surface area contributed by atoms with Gasteiger partial charge in [0.25, 0.3) is 0 Å². The minimum Gasteiger partial charge on any atom is -0.305 e. The molecule has 2 aromatic carbocycles. The van der Waals surface area contributed by atoms with E-state index in [4.69, 9.17) is 11.6 Å². The zero-order valence-electron chi connectivity index (χ0n) is 17.5. The van der Waals surface area contributed by atoms with Gasteiger partial charge in [-0.25, -0.2) is 13.1 Å². The molecule has 0 fully saturated rings. The molecule has 1 aromatic heterocycles. The minimum absolute atomic E-state index is 0.168. The number of sulfonamides is 1. The molecule has 4 rings (SSSR count). The van der Waals surface area contributed by atoms with Gasteiger partial charge in [0.05, 0.1) is 10.9 Å². The largest absolute Gasteiger partial charge is 0.305 e. The van der Waals surface area contributed by atoms with Gasteiger partial charge in [-0.1, -0.05) is 47.6 Å². The summed E-state index contributed by atoms with van der Waals surface area (Å²) in [5.41, 5.74) is 2.83. The maximum atomic E-state index is 12.8. The SMILES string of the molecule is CCn1c(SC2CCc3ccccc3C2)nnc1[C@@H](C)NS(=O)(=O)c1ccc(Cl)cc1. The smallest absolute Gasteiger partial charge is 0.241 e. The normalized spacial score (nSPS) is 17.3. The van der Waals surface area contributed by atoms with E-state index in [1.807, 2.05) is 11.5 Å². The molecule has 31 heavy (non-hydrogen) atoms. The van der Waals surface area contributed by atoms with Crippen molar-refractivity contribution in [3.05, 3.63) is 70.5 Å². The number of fused-ring (bicyclic) bond motifs is 1. The van der Waals surface area contributed by atoms with Crippen LogP contribution in [0.2, 0.25) is 5.02 Å². The van der Waals surface area contributed by atoms with Crippen molar-refractivity contribution < 1.29 is 8.42 Å². The first kappa shape index (κ1) is 22.3. The van der Waals surface area contributed by atoms with Crippen LogP contribution >= 0.6 is 23.4 Å². The van der Waals surface area contributed by atoms with Crippen LogP contribution in [-0.2, 0) is 29.4 Å². The Morgan fingerprint density at radius 3 is 2.58 bits per heavy atom. The molecule has 1 aliphatic rings. The molecule has 0 bridgehead atoms. The second kappa shape index (κ2) is 9.32. The zero-order valence-corrected chi connectivity index (χ0v) is 19.8. The van der Waals surface area contributed by atoms with Gasteiger partial charge in [0.15, 0.2) is 11.0 Å². The van der Waals surface area contributed by atoms with Gasteiger partial charge in [0, 0.05) is 16.8 Å². The van der Waals surface area contributed by atoms with Crippen LogP contribution in [0, 0.1) is 0 Å². The lowest BCUT2D eigenvalue weighted by Crippen LogP contribution is -2.29. The molecule has 6 nitrogen and oxygen atoms in total. The molecule has 3 aromatic rings. The number of nitrogens with one attached hydrogen (secondary N) is 1. The van der Waals surface area contributed by atoms with Crippen LogP contribution in [0.4, 0.5) is 0 Å². The van der Waals surface area contributed by atoms with Crippen LogP contribution < -0.4 is 4.72 Å². The Bertz CT molecular complexity index is 1160. The first-order chi connectivity index (χ1) is 14.9. The van der Waals surface area contributed by atoms with Crippen LogP contribution in [-0.4, -0.2) is 28.4 Å². The van der Waals surface area contributed by atoms with Crippen molar-refractivity contribution in [2.75, 3.05) is 0 Å². The predicted octanol–water partition coefficient (Wildman–Crippen LogP) is 4.64. The van der Waals surface area contributed by atoms with Gasteiger partial charge < -0.3 is 4.57 Å². The van der Waals surface area contributed by atoms with Gasteiger partial charge in [-0.05, 0) is 68.5 Å². The van der Waals surface area contributed by atoms with Gasteiger partial charge in [-0.2, -0.15) is 0 Å². The summed E-state index contributed by atoms with van der Waals surface area (Å²) in [5.74, 6) is 0.610.